The summed E-state index contributed by atoms with van der Waals surface area (Å²) in [5.41, 5.74) is 0.462. The first-order chi connectivity index (χ1) is 15.7. The van der Waals surface area contributed by atoms with Crippen LogP contribution < -0.4 is 10.6 Å². The van der Waals surface area contributed by atoms with E-state index in [2.05, 4.69) is 25.2 Å². The Kier molecular flexibility index (Phi) is 7.66. The minimum atomic E-state index is -4.42. The molecule has 1 aliphatic rings. The summed E-state index contributed by atoms with van der Waals surface area (Å²) in [5.74, 6) is -0.838. The van der Waals surface area contributed by atoms with E-state index in [0.29, 0.717) is 15.9 Å². The SMILES string of the molecule is CC(=O)NC1CC(N=Nc2snc3ccc(S(=O)(=O)O)cc23)CC(NC(C)=O)C1OS(C)(=O)=O. The van der Waals surface area contributed by atoms with Crippen LogP contribution in [0.2, 0.25) is 0 Å². The second-order valence-electron chi connectivity index (χ2n) is 7.86. The number of aromatic nitrogens is 1. The van der Waals surface area contributed by atoms with Crippen molar-refractivity contribution in [3.8, 4) is 0 Å². The van der Waals surface area contributed by atoms with Crippen molar-refractivity contribution in [3.63, 3.8) is 0 Å². The third-order valence-corrected chi connectivity index (χ3v) is 7.13. The number of benzene rings is 1. The summed E-state index contributed by atoms with van der Waals surface area (Å²) in [6, 6.07) is 1.77. The van der Waals surface area contributed by atoms with Gasteiger partial charge in [0.1, 0.15) is 6.10 Å². The van der Waals surface area contributed by atoms with Gasteiger partial charge in [0.2, 0.25) is 11.8 Å². The highest BCUT2D eigenvalue weighted by Gasteiger charge is 2.42. The first-order valence-electron chi connectivity index (χ1n) is 9.93. The number of fused-ring (bicyclic) bond motifs is 1. The van der Waals surface area contributed by atoms with Crippen molar-refractivity contribution in [3.05, 3.63) is 18.2 Å². The van der Waals surface area contributed by atoms with Gasteiger partial charge in [-0.2, -0.15) is 26.3 Å². The third-order valence-electron chi connectivity index (χ3n) is 4.95. The van der Waals surface area contributed by atoms with Gasteiger partial charge in [-0.3, -0.25) is 18.3 Å². The molecular formula is C18H23N5O8S3. The normalized spacial score (nSPS) is 23.8. The van der Waals surface area contributed by atoms with Crippen molar-refractivity contribution < 1.29 is 35.2 Å². The molecule has 1 fully saturated rings. The predicted molar refractivity (Wildman–Crippen MR) is 122 cm³/mol. The fraction of sp³-hybridized carbons (Fsp3) is 0.500. The predicted octanol–water partition coefficient (Wildman–Crippen LogP) is 1.14. The Bertz CT molecular complexity index is 1310. The number of carbonyl (C=O) groups excluding carboxylic acids is 2. The van der Waals surface area contributed by atoms with Crippen LogP contribution in [0.5, 0.6) is 0 Å². The van der Waals surface area contributed by atoms with Crippen LogP contribution in [0.25, 0.3) is 10.9 Å². The Balaban J connectivity index is 1.92. The van der Waals surface area contributed by atoms with E-state index in [1.54, 1.807) is 0 Å². The lowest BCUT2D eigenvalue weighted by Gasteiger charge is -2.39. The first kappa shape index (κ1) is 26.1. The Morgan fingerprint density at radius 3 is 2.21 bits per heavy atom. The van der Waals surface area contributed by atoms with Gasteiger partial charge in [-0.1, -0.05) is 0 Å². The van der Waals surface area contributed by atoms with Crippen molar-refractivity contribution in [2.75, 3.05) is 6.26 Å². The lowest BCUT2D eigenvalue weighted by molar-refractivity contribution is -0.122. The quantitative estimate of drug-likeness (QED) is 0.266. The number of amides is 2. The standard InChI is InChI=1S/C18H23N5O8S3/c1-9(24)19-15-6-11(7-16(20-10(2)25)17(15)31-33(3,26)27)21-22-18-13-8-12(34(28,29)30)4-5-14(13)23-32-18/h4-5,8,11,15-17H,6-7H2,1-3H3,(H,19,24)(H,20,25)(H,28,29,30). The van der Waals surface area contributed by atoms with Crippen LogP contribution in [0.3, 0.4) is 0 Å². The number of hydrogen-bond donors (Lipinski definition) is 3. The fourth-order valence-electron chi connectivity index (χ4n) is 3.74. The second kappa shape index (κ2) is 9.99. The maximum atomic E-state index is 11.8. The average Bonchev–Trinajstić information content (AvgIpc) is 3.09. The molecule has 0 spiro atoms. The Morgan fingerprint density at radius 1 is 1.12 bits per heavy atom. The molecule has 1 aromatic carbocycles. The van der Waals surface area contributed by atoms with E-state index in [4.69, 9.17) is 4.18 Å². The molecular weight excluding hydrogens is 510 g/mol. The van der Waals surface area contributed by atoms with Crippen LogP contribution in [-0.4, -0.2) is 68.1 Å². The van der Waals surface area contributed by atoms with Crippen LogP contribution >= 0.6 is 11.5 Å². The van der Waals surface area contributed by atoms with Crippen LogP contribution in [0.4, 0.5) is 5.00 Å². The molecule has 1 heterocycles. The van der Waals surface area contributed by atoms with Gasteiger partial charge < -0.3 is 10.6 Å². The maximum absolute atomic E-state index is 11.8. The van der Waals surface area contributed by atoms with E-state index >= 15 is 0 Å². The molecule has 1 saturated carbocycles. The molecule has 186 valence electrons. The number of carbonyl (C=O) groups is 2. The molecule has 2 aromatic rings. The van der Waals surface area contributed by atoms with Crippen LogP contribution in [0, 0.1) is 0 Å². The lowest BCUT2D eigenvalue weighted by atomic mass is 9.84. The zero-order valence-corrected chi connectivity index (χ0v) is 20.8. The van der Waals surface area contributed by atoms with E-state index in [9.17, 15) is 31.0 Å². The average molecular weight is 534 g/mol. The van der Waals surface area contributed by atoms with Gasteiger partial charge in [-0.05, 0) is 42.6 Å². The molecule has 1 aliphatic carbocycles. The van der Waals surface area contributed by atoms with Gasteiger partial charge in [0, 0.05) is 19.2 Å². The molecule has 3 rings (SSSR count). The highest BCUT2D eigenvalue weighted by atomic mass is 32.2. The summed E-state index contributed by atoms with van der Waals surface area (Å²) >= 11 is 0.972. The molecule has 16 heteroatoms. The highest BCUT2D eigenvalue weighted by molar-refractivity contribution is 7.86. The third kappa shape index (κ3) is 6.75. The maximum Gasteiger partial charge on any atom is 0.294 e. The van der Waals surface area contributed by atoms with Crippen molar-refractivity contribution in [1.29, 1.82) is 0 Å². The lowest BCUT2D eigenvalue weighted by Crippen LogP contribution is -2.60. The molecule has 2 amide bonds. The molecule has 2 unspecified atom stereocenters. The zero-order valence-electron chi connectivity index (χ0n) is 18.3. The Hall–Kier alpha value is -2.53. The molecule has 13 nitrogen and oxygen atoms in total. The summed E-state index contributed by atoms with van der Waals surface area (Å²) in [4.78, 5) is 23.1. The van der Waals surface area contributed by atoms with Crippen molar-refractivity contribution in [2.45, 2.75) is 55.8 Å². The van der Waals surface area contributed by atoms with Crippen LogP contribution in [-0.2, 0) is 34.0 Å². The second-order valence-corrected chi connectivity index (χ2v) is 11.6. The number of rotatable bonds is 7. The minimum absolute atomic E-state index is 0.173. The summed E-state index contributed by atoms with van der Waals surface area (Å²) in [6.07, 6.45) is 0.180. The molecule has 0 radical (unpaired) electrons. The summed E-state index contributed by atoms with van der Waals surface area (Å²) < 4.78 is 65.2. The smallest absolute Gasteiger partial charge is 0.294 e. The van der Waals surface area contributed by atoms with Crippen molar-refractivity contribution >= 4 is 59.5 Å². The van der Waals surface area contributed by atoms with Gasteiger partial charge >= 0.3 is 0 Å². The van der Waals surface area contributed by atoms with Gasteiger partial charge in [-0.25, -0.2) is 0 Å². The molecule has 0 bridgehead atoms. The summed E-state index contributed by atoms with van der Waals surface area (Å²) in [6.45, 7) is 2.54. The van der Waals surface area contributed by atoms with E-state index in [1.807, 2.05) is 0 Å². The van der Waals surface area contributed by atoms with E-state index in [1.165, 1.54) is 32.0 Å². The molecule has 0 aliphatic heterocycles. The molecule has 2 atom stereocenters. The molecule has 0 saturated heterocycles. The van der Waals surface area contributed by atoms with Crippen molar-refractivity contribution in [2.24, 2.45) is 10.2 Å². The molecule has 1 aromatic heterocycles. The summed E-state index contributed by atoms with van der Waals surface area (Å²) in [7, 11) is -8.32. The topological polar surface area (TPSA) is 194 Å². The zero-order chi connectivity index (χ0) is 25.3. The van der Waals surface area contributed by atoms with E-state index < -0.39 is 56.3 Å². The monoisotopic (exact) mass is 533 g/mol. The Labute approximate surface area is 200 Å². The number of nitrogens with one attached hydrogen (secondary N) is 2. The van der Waals surface area contributed by atoms with Gasteiger partial charge in [0.05, 0.1) is 34.8 Å². The largest absolute Gasteiger partial charge is 0.351 e. The van der Waals surface area contributed by atoms with Crippen LogP contribution in [0.15, 0.2) is 33.3 Å². The van der Waals surface area contributed by atoms with E-state index in [0.717, 1.165) is 17.8 Å². The Morgan fingerprint density at radius 2 is 1.71 bits per heavy atom. The number of nitrogens with zero attached hydrogens (tertiary/aromatic N) is 3. The number of azo groups is 1. The van der Waals surface area contributed by atoms with Gasteiger partial charge in [0.15, 0.2) is 5.00 Å². The van der Waals surface area contributed by atoms with Gasteiger partial charge in [-0.15, -0.1) is 5.11 Å². The summed E-state index contributed by atoms with van der Waals surface area (Å²) in [5, 5.41) is 14.4. The fourth-order valence-corrected chi connectivity index (χ4v) is 5.61. The van der Waals surface area contributed by atoms with Crippen LogP contribution in [0.1, 0.15) is 26.7 Å². The minimum Gasteiger partial charge on any atom is -0.351 e. The molecule has 34 heavy (non-hydrogen) atoms. The van der Waals surface area contributed by atoms with E-state index in [-0.39, 0.29) is 17.7 Å². The molecule has 3 N–H and O–H groups in total. The first-order valence-corrected chi connectivity index (χ1v) is 14.0. The van der Waals surface area contributed by atoms with Crippen molar-refractivity contribution in [1.82, 2.24) is 15.0 Å². The van der Waals surface area contributed by atoms with Gasteiger partial charge in [0.25, 0.3) is 20.2 Å². The number of hydrogen-bond acceptors (Lipinski definition) is 11. The highest BCUT2D eigenvalue weighted by Crippen LogP contribution is 2.34.